The fraction of sp³-hybridized carbons (Fsp3) is 0.182. The Labute approximate surface area is 106 Å². The minimum Gasteiger partial charge on any atom is -0.478 e. The molecule has 0 saturated carbocycles. The number of carboxylic acid groups (broad SMARTS) is 1. The molecule has 0 spiro atoms. The zero-order valence-electron chi connectivity index (χ0n) is 9.38. The van der Waals surface area contributed by atoms with E-state index < -0.39 is 11.8 Å². The number of nitrogens with zero attached hydrogens (tertiary/aromatic N) is 2. The van der Waals surface area contributed by atoms with Crippen LogP contribution in [-0.4, -0.2) is 21.2 Å². The molecule has 0 radical (unpaired) electrons. The predicted molar refractivity (Wildman–Crippen MR) is 62.0 cm³/mol. The first-order valence-electron chi connectivity index (χ1n) is 5.01. The molecule has 0 bridgehead atoms. The van der Waals surface area contributed by atoms with Gasteiger partial charge in [-0.3, -0.25) is 0 Å². The van der Waals surface area contributed by atoms with Crippen LogP contribution in [0.3, 0.4) is 0 Å². The van der Waals surface area contributed by atoms with Crippen LogP contribution < -0.4 is 0 Å². The third-order valence-electron chi connectivity index (χ3n) is 2.10. The average molecular weight is 268 g/mol. The van der Waals surface area contributed by atoms with Crippen molar-refractivity contribution < 1.29 is 18.8 Å². The second-order valence-electron chi connectivity index (χ2n) is 3.47. The van der Waals surface area contributed by atoms with Crippen LogP contribution in [0.1, 0.15) is 22.1 Å². The molecule has 0 atom stereocenters. The number of aryl methyl sites for hydroxylation is 1. The van der Waals surface area contributed by atoms with Gasteiger partial charge in [-0.1, -0.05) is 5.16 Å². The Kier molecular flexibility index (Phi) is 3.61. The summed E-state index contributed by atoms with van der Waals surface area (Å²) in [6.45, 7) is 1.68. The zero-order valence-corrected chi connectivity index (χ0v) is 10.2. The van der Waals surface area contributed by atoms with Crippen molar-refractivity contribution in [3.8, 4) is 0 Å². The maximum atomic E-state index is 13.5. The Balaban J connectivity index is 2.13. The van der Waals surface area contributed by atoms with E-state index in [0.717, 1.165) is 17.8 Å². The Morgan fingerprint density at radius 2 is 2.33 bits per heavy atom. The lowest BCUT2D eigenvalue weighted by molar-refractivity contribution is 0.0696. The van der Waals surface area contributed by atoms with E-state index in [1.807, 2.05) is 0 Å². The van der Waals surface area contributed by atoms with E-state index in [1.54, 1.807) is 6.92 Å². The SMILES string of the molecule is Cc1noc(CSc2cc(C(=O)O)ccc2F)n1. The third kappa shape index (κ3) is 2.86. The molecule has 0 aliphatic heterocycles. The first kappa shape index (κ1) is 12.6. The molecule has 7 heteroatoms. The first-order valence-corrected chi connectivity index (χ1v) is 5.99. The molecule has 5 nitrogen and oxygen atoms in total. The van der Waals surface area contributed by atoms with Gasteiger partial charge in [0.1, 0.15) is 5.82 Å². The molecule has 0 aliphatic rings. The minimum absolute atomic E-state index is 0.0422. The van der Waals surface area contributed by atoms with Gasteiger partial charge in [-0.15, -0.1) is 11.8 Å². The number of thioether (sulfide) groups is 1. The summed E-state index contributed by atoms with van der Waals surface area (Å²) in [5.41, 5.74) is 0.0422. The van der Waals surface area contributed by atoms with Crippen molar-refractivity contribution in [2.75, 3.05) is 0 Å². The van der Waals surface area contributed by atoms with Gasteiger partial charge in [-0.25, -0.2) is 9.18 Å². The summed E-state index contributed by atoms with van der Waals surface area (Å²) < 4.78 is 18.3. The average Bonchev–Trinajstić information content (AvgIpc) is 2.74. The number of aromatic nitrogens is 2. The van der Waals surface area contributed by atoms with E-state index in [0.29, 0.717) is 17.5 Å². The summed E-state index contributed by atoms with van der Waals surface area (Å²) in [4.78, 5) is 15.0. The van der Waals surface area contributed by atoms with Crippen LogP contribution in [0.4, 0.5) is 4.39 Å². The molecule has 0 saturated heterocycles. The molecule has 2 aromatic rings. The number of rotatable bonds is 4. The molecular formula is C11H9FN2O3S. The predicted octanol–water partition coefficient (Wildman–Crippen LogP) is 2.51. The summed E-state index contributed by atoms with van der Waals surface area (Å²) in [7, 11) is 0. The largest absolute Gasteiger partial charge is 0.478 e. The maximum Gasteiger partial charge on any atom is 0.335 e. The smallest absolute Gasteiger partial charge is 0.335 e. The second kappa shape index (κ2) is 5.18. The van der Waals surface area contributed by atoms with Crippen LogP contribution in [-0.2, 0) is 5.75 Å². The van der Waals surface area contributed by atoms with Crippen LogP contribution in [0, 0.1) is 12.7 Å². The van der Waals surface area contributed by atoms with Gasteiger partial charge >= 0.3 is 5.97 Å². The quantitative estimate of drug-likeness (QED) is 0.858. The van der Waals surface area contributed by atoms with Crippen molar-refractivity contribution in [1.82, 2.24) is 10.1 Å². The standard InChI is InChI=1S/C11H9FN2O3S/c1-6-13-10(17-14-6)5-18-9-4-7(11(15)16)2-3-8(9)12/h2-4H,5H2,1H3,(H,15,16). The van der Waals surface area contributed by atoms with Gasteiger partial charge in [-0.2, -0.15) is 4.98 Å². The maximum absolute atomic E-state index is 13.5. The van der Waals surface area contributed by atoms with Gasteiger partial charge in [0.2, 0.25) is 5.89 Å². The molecule has 1 N–H and O–H groups in total. The van der Waals surface area contributed by atoms with Crippen molar-refractivity contribution in [3.63, 3.8) is 0 Å². The highest BCUT2D eigenvalue weighted by Crippen LogP contribution is 2.26. The number of halogens is 1. The van der Waals surface area contributed by atoms with Gasteiger partial charge in [0, 0.05) is 4.90 Å². The Morgan fingerprint density at radius 1 is 1.56 bits per heavy atom. The first-order chi connectivity index (χ1) is 8.56. The molecule has 1 heterocycles. The van der Waals surface area contributed by atoms with E-state index >= 15 is 0 Å². The second-order valence-corrected chi connectivity index (χ2v) is 4.49. The summed E-state index contributed by atoms with van der Waals surface area (Å²) in [6.07, 6.45) is 0. The van der Waals surface area contributed by atoms with E-state index in [9.17, 15) is 9.18 Å². The fourth-order valence-electron chi connectivity index (χ4n) is 1.29. The summed E-state index contributed by atoms with van der Waals surface area (Å²) >= 11 is 1.11. The number of aromatic carboxylic acids is 1. The molecule has 0 unspecified atom stereocenters. The highest BCUT2D eigenvalue weighted by molar-refractivity contribution is 7.98. The van der Waals surface area contributed by atoms with Crippen LogP contribution in [0.25, 0.3) is 0 Å². The van der Waals surface area contributed by atoms with Crippen LogP contribution in [0.2, 0.25) is 0 Å². The molecular weight excluding hydrogens is 259 g/mol. The third-order valence-corrected chi connectivity index (χ3v) is 3.11. The lowest BCUT2D eigenvalue weighted by Gasteiger charge is -2.02. The molecule has 0 aliphatic carbocycles. The topological polar surface area (TPSA) is 76.2 Å². The number of hydrogen-bond donors (Lipinski definition) is 1. The molecule has 18 heavy (non-hydrogen) atoms. The van der Waals surface area contributed by atoms with Gasteiger partial charge in [0.25, 0.3) is 0 Å². The lowest BCUT2D eigenvalue weighted by Crippen LogP contribution is -1.97. The van der Waals surface area contributed by atoms with E-state index in [2.05, 4.69) is 10.1 Å². The van der Waals surface area contributed by atoms with Gasteiger partial charge < -0.3 is 9.63 Å². The number of hydrogen-bond acceptors (Lipinski definition) is 5. The summed E-state index contributed by atoms with van der Waals surface area (Å²) in [6, 6.07) is 3.63. The van der Waals surface area contributed by atoms with Gasteiger partial charge in [-0.05, 0) is 25.1 Å². The van der Waals surface area contributed by atoms with E-state index in [-0.39, 0.29) is 10.5 Å². The lowest BCUT2D eigenvalue weighted by atomic mass is 10.2. The van der Waals surface area contributed by atoms with Crippen molar-refractivity contribution in [3.05, 3.63) is 41.3 Å². The number of carbonyl (C=O) groups is 1. The van der Waals surface area contributed by atoms with E-state index in [4.69, 9.17) is 9.63 Å². The molecule has 94 valence electrons. The molecule has 0 amide bonds. The zero-order chi connectivity index (χ0) is 13.1. The molecule has 1 aromatic heterocycles. The number of carboxylic acids is 1. The van der Waals surface area contributed by atoms with Gasteiger partial charge in [0.05, 0.1) is 11.3 Å². The number of benzene rings is 1. The summed E-state index contributed by atoms with van der Waals surface area (Å²) in [5.74, 6) is -0.393. The van der Waals surface area contributed by atoms with Gasteiger partial charge in [0.15, 0.2) is 5.82 Å². The van der Waals surface area contributed by atoms with Crippen LogP contribution in [0.15, 0.2) is 27.6 Å². The van der Waals surface area contributed by atoms with Crippen molar-refractivity contribution in [2.24, 2.45) is 0 Å². The Morgan fingerprint density at radius 3 is 2.94 bits per heavy atom. The normalized spacial score (nSPS) is 10.6. The fourth-order valence-corrected chi connectivity index (χ4v) is 2.10. The van der Waals surface area contributed by atoms with E-state index in [1.165, 1.54) is 12.1 Å². The van der Waals surface area contributed by atoms with Crippen molar-refractivity contribution in [2.45, 2.75) is 17.6 Å². The highest BCUT2D eigenvalue weighted by atomic mass is 32.2. The summed E-state index contributed by atoms with van der Waals surface area (Å²) in [5, 5.41) is 12.4. The minimum atomic E-state index is -1.09. The van der Waals surface area contributed by atoms with Crippen LogP contribution >= 0.6 is 11.8 Å². The Bertz CT molecular complexity index is 585. The molecule has 0 fully saturated rings. The monoisotopic (exact) mass is 268 g/mol. The highest BCUT2D eigenvalue weighted by Gasteiger charge is 2.11. The van der Waals surface area contributed by atoms with Crippen molar-refractivity contribution in [1.29, 1.82) is 0 Å². The Hall–Kier alpha value is -1.89. The van der Waals surface area contributed by atoms with Crippen LogP contribution in [0.5, 0.6) is 0 Å². The molecule has 1 aromatic carbocycles. The molecule has 2 rings (SSSR count). The van der Waals surface area contributed by atoms with Crippen molar-refractivity contribution >= 4 is 17.7 Å².